The van der Waals surface area contributed by atoms with Crippen LogP contribution in [0.2, 0.25) is 0 Å². The summed E-state index contributed by atoms with van der Waals surface area (Å²) in [6, 6.07) is 13.1. The molecule has 0 atom stereocenters. The lowest BCUT2D eigenvalue weighted by molar-refractivity contribution is 0.0481. The summed E-state index contributed by atoms with van der Waals surface area (Å²) in [4.78, 5) is 24.8. The highest BCUT2D eigenvalue weighted by Gasteiger charge is 2.14. The second-order valence-electron chi connectivity index (χ2n) is 4.13. The first-order valence-electron chi connectivity index (χ1n) is 5.96. The van der Waals surface area contributed by atoms with Gasteiger partial charge in [-0.3, -0.25) is 4.79 Å². The van der Waals surface area contributed by atoms with Crippen molar-refractivity contribution < 1.29 is 14.3 Å². The van der Waals surface area contributed by atoms with Crippen LogP contribution < -0.4 is 0 Å². The van der Waals surface area contributed by atoms with E-state index in [-0.39, 0.29) is 12.4 Å². The van der Waals surface area contributed by atoms with E-state index in [4.69, 9.17) is 4.74 Å². The minimum absolute atomic E-state index is 0.172. The smallest absolute Gasteiger partial charge is 0.348 e. The van der Waals surface area contributed by atoms with Gasteiger partial charge in [-0.2, -0.15) is 0 Å². The summed E-state index contributed by atoms with van der Waals surface area (Å²) in [6.45, 7) is -0.215. The Labute approximate surface area is 123 Å². The van der Waals surface area contributed by atoms with E-state index in [0.717, 1.165) is 10.1 Å². The van der Waals surface area contributed by atoms with Crippen molar-refractivity contribution in [2.75, 3.05) is 6.61 Å². The topological polar surface area (TPSA) is 43.4 Å². The highest BCUT2D eigenvalue weighted by atomic mass is 32.1. The first-order chi connectivity index (χ1) is 9.74. The number of hydrogen-bond acceptors (Lipinski definition) is 5. The fourth-order valence-corrected chi connectivity index (χ4v) is 3.40. The third-order valence-electron chi connectivity index (χ3n) is 2.76. The van der Waals surface area contributed by atoms with Crippen LogP contribution in [0.5, 0.6) is 0 Å². The van der Waals surface area contributed by atoms with E-state index in [1.54, 1.807) is 18.2 Å². The number of thiophene rings is 2. The van der Waals surface area contributed by atoms with Crippen LogP contribution in [0.25, 0.3) is 10.1 Å². The summed E-state index contributed by atoms with van der Waals surface area (Å²) < 4.78 is 6.10. The van der Waals surface area contributed by atoms with Gasteiger partial charge in [0.05, 0.1) is 4.88 Å². The lowest BCUT2D eigenvalue weighted by Crippen LogP contribution is -2.12. The van der Waals surface area contributed by atoms with Crippen LogP contribution in [0.4, 0.5) is 0 Å². The van der Waals surface area contributed by atoms with Gasteiger partial charge in [-0.05, 0) is 29.0 Å². The Morgan fingerprint density at radius 2 is 1.90 bits per heavy atom. The molecule has 0 aliphatic heterocycles. The molecular weight excluding hydrogens is 292 g/mol. The molecule has 0 fully saturated rings. The predicted octanol–water partition coefficient (Wildman–Crippen LogP) is 4.00. The van der Waals surface area contributed by atoms with Crippen LogP contribution in [-0.4, -0.2) is 18.4 Å². The van der Waals surface area contributed by atoms with E-state index in [1.807, 2.05) is 29.6 Å². The first kappa shape index (κ1) is 13.0. The summed E-state index contributed by atoms with van der Waals surface area (Å²) in [5, 5.41) is 2.83. The molecule has 0 saturated carbocycles. The maximum Gasteiger partial charge on any atom is 0.348 e. The third-order valence-corrected chi connectivity index (χ3v) is 4.76. The fourth-order valence-electron chi connectivity index (χ4n) is 1.79. The van der Waals surface area contributed by atoms with Gasteiger partial charge < -0.3 is 4.74 Å². The van der Waals surface area contributed by atoms with Crippen LogP contribution in [-0.2, 0) is 4.74 Å². The van der Waals surface area contributed by atoms with E-state index < -0.39 is 5.97 Å². The lowest BCUT2D eigenvalue weighted by Gasteiger charge is -2.00. The Balaban J connectivity index is 1.68. The molecule has 0 amide bonds. The Bertz CT molecular complexity index is 723. The summed E-state index contributed by atoms with van der Waals surface area (Å²) >= 11 is 2.72. The molecule has 3 rings (SSSR count). The average molecular weight is 302 g/mol. The van der Waals surface area contributed by atoms with Gasteiger partial charge >= 0.3 is 5.97 Å². The molecule has 0 unspecified atom stereocenters. The lowest BCUT2D eigenvalue weighted by atomic mass is 10.2. The Morgan fingerprint density at radius 1 is 1.05 bits per heavy atom. The van der Waals surface area contributed by atoms with Crippen molar-refractivity contribution in [3.8, 4) is 0 Å². The van der Waals surface area contributed by atoms with Crippen molar-refractivity contribution in [3.05, 3.63) is 57.6 Å². The SMILES string of the molecule is O=C(COC(=O)c1cc2ccccc2s1)c1cccs1. The Hall–Kier alpha value is -1.98. The zero-order valence-corrected chi connectivity index (χ0v) is 12.0. The summed E-state index contributed by atoms with van der Waals surface area (Å²) in [5.74, 6) is -0.620. The number of ketones is 1. The van der Waals surface area contributed by atoms with Crippen molar-refractivity contribution >= 4 is 44.5 Å². The molecule has 0 N–H and O–H groups in total. The van der Waals surface area contributed by atoms with Gasteiger partial charge in [0.1, 0.15) is 4.88 Å². The second-order valence-corrected chi connectivity index (χ2v) is 6.16. The van der Waals surface area contributed by atoms with Gasteiger partial charge in [0, 0.05) is 4.70 Å². The van der Waals surface area contributed by atoms with Crippen molar-refractivity contribution in [2.45, 2.75) is 0 Å². The molecule has 0 bridgehead atoms. The van der Waals surface area contributed by atoms with E-state index in [9.17, 15) is 9.59 Å². The fraction of sp³-hybridized carbons (Fsp3) is 0.0667. The summed E-state index contributed by atoms with van der Waals surface area (Å²) in [5.41, 5.74) is 0. The van der Waals surface area contributed by atoms with E-state index in [1.165, 1.54) is 22.7 Å². The van der Waals surface area contributed by atoms with Gasteiger partial charge in [0.15, 0.2) is 6.61 Å². The van der Waals surface area contributed by atoms with Crippen molar-refractivity contribution in [1.29, 1.82) is 0 Å². The number of esters is 1. The van der Waals surface area contributed by atoms with Crippen LogP contribution in [0, 0.1) is 0 Å². The van der Waals surface area contributed by atoms with Crippen molar-refractivity contribution in [2.24, 2.45) is 0 Å². The number of carbonyl (C=O) groups is 2. The number of benzene rings is 1. The van der Waals surface area contributed by atoms with Gasteiger partial charge in [-0.25, -0.2) is 4.79 Å². The predicted molar refractivity (Wildman–Crippen MR) is 80.8 cm³/mol. The largest absolute Gasteiger partial charge is 0.453 e. The molecule has 100 valence electrons. The highest BCUT2D eigenvalue weighted by Crippen LogP contribution is 2.25. The zero-order valence-electron chi connectivity index (χ0n) is 10.4. The third kappa shape index (κ3) is 2.64. The molecular formula is C15H10O3S2. The number of rotatable bonds is 4. The number of Topliss-reactive ketones (excluding diaryl/α,β-unsaturated/α-hetero) is 1. The van der Waals surface area contributed by atoms with Crippen LogP contribution in [0.15, 0.2) is 47.8 Å². The van der Waals surface area contributed by atoms with E-state index in [0.29, 0.717) is 9.75 Å². The second kappa shape index (κ2) is 5.56. The molecule has 1 aromatic carbocycles. The van der Waals surface area contributed by atoms with E-state index in [2.05, 4.69) is 0 Å². The molecule has 2 heterocycles. The molecule has 2 aromatic heterocycles. The molecule has 3 aromatic rings. The molecule has 3 nitrogen and oxygen atoms in total. The molecule has 0 spiro atoms. The number of ether oxygens (including phenoxy) is 1. The number of fused-ring (bicyclic) bond motifs is 1. The van der Waals surface area contributed by atoms with Gasteiger partial charge in [0.25, 0.3) is 0 Å². The summed E-state index contributed by atoms with van der Waals surface area (Å²) in [6.07, 6.45) is 0. The van der Waals surface area contributed by atoms with Crippen LogP contribution in [0.3, 0.4) is 0 Å². The van der Waals surface area contributed by atoms with Gasteiger partial charge in [0.2, 0.25) is 5.78 Å². The normalized spacial score (nSPS) is 10.6. The van der Waals surface area contributed by atoms with Crippen LogP contribution >= 0.6 is 22.7 Å². The molecule has 0 saturated heterocycles. The van der Waals surface area contributed by atoms with Crippen molar-refractivity contribution in [1.82, 2.24) is 0 Å². The van der Waals surface area contributed by atoms with Gasteiger partial charge in [-0.1, -0.05) is 24.3 Å². The molecule has 0 aliphatic carbocycles. The molecule has 5 heteroatoms. The first-order valence-corrected chi connectivity index (χ1v) is 7.66. The number of hydrogen-bond donors (Lipinski definition) is 0. The minimum Gasteiger partial charge on any atom is -0.453 e. The average Bonchev–Trinajstić information content (AvgIpc) is 3.12. The maximum absolute atomic E-state index is 11.9. The maximum atomic E-state index is 11.9. The highest BCUT2D eigenvalue weighted by molar-refractivity contribution is 7.20. The number of carbonyl (C=O) groups excluding carboxylic acids is 2. The Kier molecular flexibility index (Phi) is 3.62. The summed E-state index contributed by atoms with van der Waals surface area (Å²) in [7, 11) is 0. The zero-order chi connectivity index (χ0) is 13.9. The quantitative estimate of drug-likeness (QED) is 0.540. The van der Waals surface area contributed by atoms with Gasteiger partial charge in [-0.15, -0.1) is 22.7 Å². The molecule has 0 radical (unpaired) electrons. The van der Waals surface area contributed by atoms with Crippen LogP contribution in [0.1, 0.15) is 19.3 Å². The van der Waals surface area contributed by atoms with Crippen molar-refractivity contribution in [3.63, 3.8) is 0 Å². The monoisotopic (exact) mass is 302 g/mol. The Morgan fingerprint density at radius 3 is 2.65 bits per heavy atom. The standard InChI is InChI=1S/C15H10O3S2/c16-11(13-6-3-7-19-13)9-18-15(17)14-8-10-4-1-2-5-12(10)20-14/h1-8H,9H2. The minimum atomic E-state index is -0.448. The molecule has 0 aliphatic rings. The van der Waals surface area contributed by atoms with E-state index >= 15 is 0 Å². The molecule has 20 heavy (non-hydrogen) atoms.